The molecule has 1 N–H and O–H groups in total. The molecule has 0 aliphatic carbocycles. The third-order valence-corrected chi connectivity index (χ3v) is 2.40. The number of rotatable bonds is 7. The Morgan fingerprint density at radius 1 is 1.26 bits per heavy atom. The first-order valence-corrected chi connectivity index (χ1v) is 6.24. The van der Waals surface area contributed by atoms with E-state index in [1.54, 1.807) is 12.2 Å². The molecule has 4 nitrogen and oxygen atoms in total. The van der Waals surface area contributed by atoms with Gasteiger partial charge >= 0.3 is 18.1 Å². The zero-order chi connectivity index (χ0) is 15.1. The molecule has 0 saturated heterocycles. The van der Waals surface area contributed by atoms with E-state index in [4.69, 9.17) is 4.74 Å². The average molecular weight is 283 g/mol. The quantitative estimate of drug-likeness (QED) is 0.731. The van der Waals surface area contributed by atoms with Crippen LogP contribution < -0.4 is 5.32 Å². The molecule has 112 valence electrons. The minimum Gasteiger partial charge on any atom is -0.463 e. The van der Waals surface area contributed by atoms with E-state index in [1.165, 1.54) is 6.92 Å². The largest absolute Gasteiger partial charge is 0.471 e. The Morgan fingerprint density at radius 3 is 2.32 bits per heavy atom. The van der Waals surface area contributed by atoms with Gasteiger partial charge < -0.3 is 10.1 Å². The van der Waals surface area contributed by atoms with Gasteiger partial charge in [0.05, 0.1) is 12.5 Å². The zero-order valence-corrected chi connectivity index (χ0v) is 11.3. The maximum atomic E-state index is 12.0. The van der Waals surface area contributed by atoms with Crippen LogP contribution >= 0.6 is 0 Å². The van der Waals surface area contributed by atoms with Crippen LogP contribution in [0.5, 0.6) is 0 Å². The van der Waals surface area contributed by atoms with Crippen molar-refractivity contribution in [1.82, 2.24) is 5.32 Å². The lowest BCUT2D eigenvalue weighted by molar-refractivity contribution is -0.174. The van der Waals surface area contributed by atoms with Gasteiger partial charge in [-0.15, -0.1) is 0 Å². The van der Waals surface area contributed by atoms with Gasteiger partial charge in [0.25, 0.3) is 0 Å². The molecule has 2 unspecified atom stereocenters. The molecule has 0 aliphatic heterocycles. The fraction of sp³-hybridized carbons (Fsp3) is 0.833. The number of hydrogen-bond acceptors (Lipinski definition) is 3. The molecular weight excluding hydrogens is 263 g/mol. The van der Waals surface area contributed by atoms with Crippen molar-refractivity contribution in [3.63, 3.8) is 0 Å². The second-order valence-corrected chi connectivity index (χ2v) is 4.52. The van der Waals surface area contributed by atoms with Crippen molar-refractivity contribution in [2.45, 2.75) is 64.8 Å². The molecule has 2 atom stereocenters. The first-order chi connectivity index (χ1) is 8.66. The van der Waals surface area contributed by atoms with Gasteiger partial charge in [-0.25, -0.2) is 0 Å². The van der Waals surface area contributed by atoms with E-state index >= 15 is 0 Å². The smallest absolute Gasteiger partial charge is 0.463 e. The normalized spacial score (nSPS) is 14.6. The fourth-order valence-corrected chi connectivity index (χ4v) is 1.43. The summed E-state index contributed by atoms with van der Waals surface area (Å²) in [4.78, 5) is 22.0. The van der Waals surface area contributed by atoms with Crippen LogP contribution in [-0.2, 0) is 14.3 Å². The Hall–Kier alpha value is -1.27. The SMILES string of the molecule is CCCCC(C)OC(=O)CC(C)NC(=O)C(F)(F)F. The van der Waals surface area contributed by atoms with E-state index in [9.17, 15) is 22.8 Å². The third-order valence-electron chi connectivity index (χ3n) is 2.40. The molecule has 0 bridgehead atoms. The standard InChI is InChI=1S/C12H20F3NO3/c1-4-5-6-9(3)19-10(17)7-8(2)16-11(18)12(13,14)15/h8-9H,4-7H2,1-3H3,(H,16,18). The van der Waals surface area contributed by atoms with Gasteiger partial charge in [0.1, 0.15) is 0 Å². The summed E-state index contributed by atoms with van der Waals surface area (Å²) in [6, 6.07) is -0.917. The highest BCUT2D eigenvalue weighted by atomic mass is 19.4. The predicted octanol–water partition coefficient (Wildman–Crippen LogP) is 2.57. The van der Waals surface area contributed by atoms with E-state index < -0.39 is 24.1 Å². The second kappa shape index (κ2) is 8.01. The average Bonchev–Trinajstić information content (AvgIpc) is 2.24. The number of hydrogen-bond donors (Lipinski definition) is 1. The maximum absolute atomic E-state index is 12.0. The van der Waals surface area contributed by atoms with Crippen molar-refractivity contribution in [2.24, 2.45) is 0 Å². The van der Waals surface area contributed by atoms with Gasteiger partial charge in [-0.2, -0.15) is 13.2 Å². The highest BCUT2D eigenvalue weighted by Gasteiger charge is 2.39. The molecule has 0 spiro atoms. The summed E-state index contributed by atoms with van der Waals surface area (Å²) in [5.74, 6) is -2.66. The summed E-state index contributed by atoms with van der Waals surface area (Å²) in [7, 11) is 0. The summed E-state index contributed by atoms with van der Waals surface area (Å²) in [6.45, 7) is 5.05. The molecule has 0 rings (SSSR count). The first kappa shape index (κ1) is 17.7. The Bertz CT molecular complexity index is 305. The number of unbranched alkanes of at least 4 members (excludes halogenated alkanes) is 1. The Kier molecular flexibility index (Phi) is 7.48. The van der Waals surface area contributed by atoms with Crippen molar-refractivity contribution in [1.29, 1.82) is 0 Å². The molecule has 0 saturated carbocycles. The van der Waals surface area contributed by atoms with Crippen LogP contribution in [-0.4, -0.2) is 30.2 Å². The third kappa shape index (κ3) is 8.45. The molecule has 0 aromatic heterocycles. The molecule has 0 aromatic rings. The summed E-state index contributed by atoms with van der Waals surface area (Å²) in [5, 5.41) is 1.70. The molecule has 0 heterocycles. The molecule has 1 amide bonds. The van der Waals surface area contributed by atoms with Crippen LogP contribution in [0, 0.1) is 0 Å². The molecule has 0 aromatic carbocycles. The zero-order valence-electron chi connectivity index (χ0n) is 11.3. The van der Waals surface area contributed by atoms with Gasteiger partial charge in [0, 0.05) is 6.04 Å². The Morgan fingerprint density at radius 2 is 1.84 bits per heavy atom. The second-order valence-electron chi connectivity index (χ2n) is 4.52. The van der Waals surface area contributed by atoms with E-state index in [-0.39, 0.29) is 12.5 Å². The van der Waals surface area contributed by atoms with Crippen LogP contribution in [0.4, 0.5) is 13.2 Å². The van der Waals surface area contributed by atoms with Crippen LogP contribution in [0.3, 0.4) is 0 Å². The number of nitrogens with one attached hydrogen (secondary N) is 1. The lowest BCUT2D eigenvalue weighted by atomic mass is 10.2. The van der Waals surface area contributed by atoms with Crippen molar-refractivity contribution in [3.05, 3.63) is 0 Å². The van der Waals surface area contributed by atoms with E-state index in [2.05, 4.69) is 0 Å². The van der Waals surface area contributed by atoms with Crippen molar-refractivity contribution >= 4 is 11.9 Å². The number of esters is 1. The van der Waals surface area contributed by atoms with Gasteiger partial charge in [0.2, 0.25) is 0 Å². The van der Waals surface area contributed by atoms with E-state index in [0.717, 1.165) is 12.8 Å². The lowest BCUT2D eigenvalue weighted by Crippen LogP contribution is -2.42. The molecule has 0 radical (unpaired) electrons. The highest BCUT2D eigenvalue weighted by molar-refractivity contribution is 5.82. The number of carbonyl (C=O) groups excluding carboxylic acids is 2. The molecule has 0 aliphatic rings. The number of carbonyl (C=O) groups is 2. The minimum absolute atomic E-state index is 0.266. The topological polar surface area (TPSA) is 55.4 Å². The number of halogens is 3. The van der Waals surface area contributed by atoms with Crippen LogP contribution in [0.15, 0.2) is 0 Å². The van der Waals surface area contributed by atoms with Crippen molar-refractivity contribution in [2.75, 3.05) is 0 Å². The van der Waals surface area contributed by atoms with Crippen molar-refractivity contribution < 1.29 is 27.5 Å². The van der Waals surface area contributed by atoms with Gasteiger partial charge in [-0.1, -0.05) is 19.8 Å². The van der Waals surface area contributed by atoms with Gasteiger partial charge in [-0.3, -0.25) is 9.59 Å². The summed E-state index contributed by atoms with van der Waals surface area (Å²) < 4.78 is 40.9. The summed E-state index contributed by atoms with van der Waals surface area (Å²) >= 11 is 0. The Balaban J connectivity index is 4.02. The molecular formula is C12H20F3NO3. The van der Waals surface area contributed by atoms with Crippen LogP contribution in [0.2, 0.25) is 0 Å². The first-order valence-electron chi connectivity index (χ1n) is 6.24. The summed E-state index contributed by atoms with van der Waals surface area (Å²) in [5.41, 5.74) is 0. The van der Waals surface area contributed by atoms with E-state index in [1.807, 2.05) is 6.92 Å². The molecule has 19 heavy (non-hydrogen) atoms. The Labute approximate surface area is 110 Å². The molecule has 7 heteroatoms. The van der Waals surface area contributed by atoms with Crippen LogP contribution in [0.1, 0.15) is 46.5 Å². The lowest BCUT2D eigenvalue weighted by Gasteiger charge is -2.17. The van der Waals surface area contributed by atoms with Gasteiger partial charge in [-0.05, 0) is 20.3 Å². The maximum Gasteiger partial charge on any atom is 0.471 e. The monoisotopic (exact) mass is 283 g/mol. The number of amides is 1. The van der Waals surface area contributed by atoms with Crippen molar-refractivity contribution in [3.8, 4) is 0 Å². The van der Waals surface area contributed by atoms with E-state index in [0.29, 0.717) is 6.42 Å². The minimum atomic E-state index is -4.94. The fourth-order valence-electron chi connectivity index (χ4n) is 1.43. The molecule has 0 fully saturated rings. The van der Waals surface area contributed by atoms with Gasteiger partial charge in [0.15, 0.2) is 0 Å². The van der Waals surface area contributed by atoms with Crippen LogP contribution in [0.25, 0.3) is 0 Å². The summed E-state index contributed by atoms with van der Waals surface area (Å²) in [6.07, 6.45) is -2.89. The highest BCUT2D eigenvalue weighted by Crippen LogP contribution is 2.15. The number of ether oxygens (including phenoxy) is 1. The number of alkyl halides is 3. The predicted molar refractivity (Wildman–Crippen MR) is 63.4 cm³/mol.